The Morgan fingerprint density at radius 2 is 1.80 bits per heavy atom. The number of benzene rings is 2. The molecular weight excluding hydrogens is 290 g/mol. The lowest BCUT2D eigenvalue weighted by molar-refractivity contribution is 0.831. The number of hydrogen-bond donors (Lipinski definition) is 1. The van der Waals surface area contributed by atoms with E-state index in [0.29, 0.717) is 5.02 Å². The average Bonchev–Trinajstić information content (AvgIpc) is 2.97. The van der Waals surface area contributed by atoms with E-state index in [4.69, 9.17) is 17.3 Å². The van der Waals surface area contributed by atoms with Crippen LogP contribution in [-0.4, -0.2) is 10.2 Å². The van der Waals surface area contributed by atoms with Crippen molar-refractivity contribution in [3.8, 4) is 10.6 Å². The van der Waals surface area contributed by atoms with Crippen LogP contribution in [-0.2, 0) is 0 Å². The number of nitrogens with two attached hydrogens (primary N) is 1. The van der Waals surface area contributed by atoms with E-state index in [2.05, 4.69) is 10.2 Å². The van der Waals surface area contributed by atoms with E-state index in [9.17, 15) is 0 Å². The highest BCUT2D eigenvalue weighted by molar-refractivity contribution is 7.14. The molecule has 0 saturated carbocycles. The van der Waals surface area contributed by atoms with Gasteiger partial charge in [-0.15, -0.1) is 10.2 Å². The summed E-state index contributed by atoms with van der Waals surface area (Å²) in [4.78, 5) is 0. The molecule has 3 aromatic rings. The Morgan fingerprint density at radius 1 is 1.00 bits per heavy atom. The summed E-state index contributed by atoms with van der Waals surface area (Å²) in [6.45, 7) is 0. The molecule has 5 heteroatoms. The zero-order valence-corrected chi connectivity index (χ0v) is 12.1. The third kappa shape index (κ3) is 2.72. The number of aromatic nitrogens is 2. The van der Waals surface area contributed by atoms with Gasteiger partial charge in [0.25, 0.3) is 0 Å². The first kappa shape index (κ1) is 13.2. The van der Waals surface area contributed by atoms with Gasteiger partial charge in [-0.25, -0.2) is 0 Å². The molecule has 0 spiro atoms. The van der Waals surface area contributed by atoms with Crippen molar-refractivity contribution in [3.05, 3.63) is 70.2 Å². The van der Waals surface area contributed by atoms with Gasteiger partial charge >= 0.3 is 0 Å². The Hall–Kier alpha value is -1.75. The molecule has 0 amide bonds. The molecule has 3 rings (SSSR count). The molecule has 0 fully saturated rings. The first-order valence-corrected chi connectivity index (χ1v) is 7.33. The van der Waals surface area contributed by atoms with Crippen LogP contribution in [0.25, 0.3) is 10.6 Å². The molecule has 1 atom stereocenters. The Bertz CT molecular complexity index is 712. The fourth-order valence-electron chi connectivity index (χ4n) is 1.90. The van der Waals surface area contributed by atoms with Gasteiger partial charge in [-0.05, 0) is 17.7 Å². The summed E-state index contributed by atoms with van der Waals surface area (Å²) >= 11 is 7.48. The van der Waals surface area contributed by atoms with Crippen molar-refractivity contribution in [1.29, 1.82) is 0 Å². The minimum absolute atomic E-state index is 0.248. The monoisotopic (exact) mass is 301 g/mol. The predicted molar refractivity (Wildman–Crippen MR) is 82.8 cm³/mol. The quantitative estimate of drug-likeness (QED) is 0.798. The molecule has 100 valence electrons. The summed E-state index contributed by atoms with van der Waals surface area (Å²) in [6, 6.07) is 17.2. The smallest absolute Gasteiger partial charge is 0.147 e. The van der Waals surface area contributed by atoms with Gasteiger partial charge in [-0.2, -0.15) is 0 Å². The number of rotatable bonds is 3. The van der Waals surface area contributed by atoms with Crippen molar-refractivity contribution in [2.45, 2.75) is 6.04 Å². The van der Waals surface area contributed by atoms with Crippen LogP contribution in [0.15, 0.2) is 54.6 Å². The van der Waals surface area contributed by atoms with Gasteiger partial charge in [0.15, 0.2) is 0 Å². The SMILES string of the molecule is NC(c1ccccc1)c1nnc(-c2cccc(Cl)c2)s1. The van der Waals surface area contributed by atoms with E-state index in [-0.39, 0.29) is 6.04 Å². The highest BCUT2D eigenvalue weighted by Gasteiger charge is 2.15. The van der Waals surface area contributed by atoms with Crippen LogP contribution < -0.4 is 5.73 Å². The molecule has 0 radical (unpaired) electrons. The van der Waals surface area contributed by atoms with Gasteiger partial charge in [0.2, 0.25) is 0 Å². The van der Waals surface area contributed by atoms with Crippen LogP contribution in [0.2, 0.25) is 5.02 Å². The van der Waals surface area contributed by atoms with E-state index in [1.807, 2.05) is 54.6 Å². The molecule has 3 nitrogen and oxygen atoms in total. The van der Waals surface area contributed by atoms with Crippen LogP contribution >= 0.6 is 22.9 Å². The minimum atomic E-state index is -0.248. The minimum Gasteiger partial charge on any atom is -0.318 e. The fourth-order valence-corrected chi connectivity index (χ4v) is 2.96. The molecule has 2 aromatic carbocycles. The zero-order valence-electron chi connectivity index (χ0n) is 10.5. The molecule has 2 N–H and O–H groups in total. The number of hydrogen-bond acceptors (Lipinski definition) is 4. The molecule has 0 saturated heterocycles. The second-order valence-corrected chi connectivity index (χ2v) is 5.79. The van der Waals surface area contributed by atoms with Gasteiger partial charge in [0.05, 0.1) is 6.04 Å². The standard InChI is InChI=1S/C15H12ClN3S/c16-12-8-4-7-11(9-12)14-18-19-15(20-14)13(17)10-5-2-1-3-6-10/h1-9,13H,17H2. The molecule has 1 aromatic heterocycles. The molecule has 1 unspecified atom stereocenters. The van der Waals surface area contributed by atoms with Crippen molar-refractivity contribution >= 4 is 22.9 Å². The molecule has 0 aliphatic heterocycles. The second kappa shape index (κ2) is 5.71. The van der Waals surface area contributed by atoms with Gasteiger partial charge in [0.1, 0.15) is 10.0 Å². The van der Waals surface area contributed by atoms with Crippen molar-refractivity contribution in [2.24, 2.45) is 5.73 Å². The Balaban J connectivity index is 1.91. The maximum absolute atomic E-state index is 6.22. The highest BCUT2D eigenvalue weighted by atomic mass is 35.5. The maximum Gasteiger partial charge on any atom is 0.147 e. The van der Waals surface area contributed by atoms with Gasteiger partial charge in [-0.1, -0.05) is 65.4 Å². The molecule has 0 aliphatic carbocycles. The summed E-state index contributed by atoms with van der Waals surface area (Å²) < 4.78 is 0. The van der Waals surface area contributed by atoms with Gasteiger partial charge in [-0.3, -0.25) is 0 Å². The number of halogens is 1. The van der Waals surface area contributed by atoms with E-state index in [1.54, 1.807) is 0 Å². The van der Waals surface area contributed by atoms with E-state index in [1.165, 1.54) is 11.3 Å². The first-order valence-electron chi connectivity index (χ1n) is 6.14. The van der Waals surface area contributed by atoms with Crippen LogP contribution in [0, 0.1) is 0 Å². The molecule has 0 bridgehead atoms. The van der Waals surface area contributed by atoms with Gasteiger partial charge in [0, 0.05) is 10.6 Å². The lowest BCUT2D eigenvalue weighted by Crippen LogP contribution is -2.11. The van der Waals surface area contributed by atoms with Crippen LogP contribution in [0.3, 0.4) is 0 Å². The normalized spacial score (nSPS) is 12.3. The summed E-state index contributed by atoms with van der Waals surface area (Å²) in [7, 11) is 0. The third-order valence-corrected chi connectivity index (χ3v) is 4.23. The number of nitrogens with zero attached hydrogens (tertiary/aromatic N) is 2. The lowest BCUT2D eigenvalue weighted by Gasteiger charge is -2.06. The van der Waals surface area contributed by atoms with Crippen molar-refractivity contribution < 1.29 is 0 Å². The van der Waals surface area contributed by atoms with Crippen molar-refractivity contribution in [3.63, 3.8) is 0 Å². The Morgan fingerprint density at radius 3 is 2.55 bits per heavy atom. The average molecular weight is 302 g/mol. The van der Waals surface area contributed by atoms with E-state index in [0.717, 1.165) is 21.1 Å². The fraction of sp³-hybridized carbons (Fsp3) is 0.0667. The van der Waals surface area contributed by atoms with Crippen LogP contribution in [0.4, 0.5) is 0 Å². The summed E-state index contributed by atoms with van der Waals surface area (Å²) in [6.07, 6.45) is 0. The molecular formula is C15H12ClN3S. The summed E-state index contributed by atoms with van der Waals surface area (Å²) in [5.74, 6) is 0. The van der Waals surface area contributed by atoms with Crippen molar-refractivity contribution in [2.75, 3.05) is 0 Å². The first-order chi connectivity index (χ1) is 9.74. The molecule has 0 aliphatic rings. The Kier molecular flexibility index (Phi) is 3.78. The summed E-state index contributed by atoms with van der Waals surface area (Å²) in [5, 5.41) is 10.7. The summed E-state index contributed by atoms with van der Waals surface area (Å²) in [5.41, 5.74) is 8.21. The molecule has 1 heterocycles. The van der Waals surface area contributed by atoms with E-state index >= 15 is 0 Å². The topological polar surface area (TPSA) is 51.8 Å². The van der Waals surface area contributed by atoms with Gasteiger partial charge < -0.3 is 5.73 Å². The third-order valence-electron chi connectivity index (χ3n) is 2.94. The van der Waals surface area contributed by atoms with E-state index < -0.39 is 0 Å². The second-order valence-electron chi connectivity index (χ2n) is 4.34. The Labute approximate surface area is 126 Å². The lowest BCUT2D eigenvalue weighted by atomic mass is 10.1. The predicted octanol–water partition coefficient (Wildman–Crippen LogP) is 3.91. The largest absolute Gasteiger partial charge is 0.318 e. The maximum atomic E-state index is 6.22. The highest BCUT2D eigenvalue weighted by Crippen LogP contribution is 2.29. The zero-order chi connectivity index (χ0) is 13.9. The molecule has 20 heavy (non-hydrogen) atoms. The van der Waals surface area contributed by atoms with Crippen molar-refractivity contribution in [1.82, 2.24) is 10.2 Å². The van der Waals surface area contributed by atoms with Crippen LogP contribution in [0.5, 0.6) is 0 Å². The van der Waals surface area contributed by atoms with Crippen LogP contribution in [0.1, 0.15) is 16.6 Å².